The Hall–Kier alpha value is -2.35. The molecule has 25 heteroatoms. The molecule has 0 radical (unpaired) electrons. The highest BCUT2D eigenvalue weighted by Gasteiger charge is 2.59. The number of hydrogen-bond acceptors (Lipinski definition) is 25. The zero-order valence-electron chi connectivity index (χ0n) is 51.9. The Kier molecular flexibility index (Phi) is 30.5. The number of carbonyl (C=O) groups excluding carboxylic acids is 3. The topological polar surface area (TPSA) is 353 Å². The van der Waals surface area contributed by atoms with Gasteiger partial charge < -0.3 is 108 Å². The normalized spacial score (nSPS) is 42.0. The maximum Gasteiger partial charge on any atom is 0.309 e. The Bertz CT molecular complexity index is 1970. The van der Waals surface area contributed by atoms with Crippen molar-refractivity contribution in [3.8, 4) is 0 Å². The summed E-state index contributed by atoms with van der Waals surface area (Å²) in [5.74, 6) is -2.66. The molecule has 0 saturated carbocycles. The number of carbonyl (C=O) groups is 3. The molecule has 6 heterocycles. The first-order valence-corrected chi connectivity index (χ1v) is 32.3. The van der Waals surface area contributed by atoms with Crippen LogP contribution in [0.1, 0.15) is 197 Å². The van der Waals surface area contributed by atoms with Gasteiger partial charge in [0.2, 0.25) is 0 Å². The van der Waals surface area contributed by atoms with Crippen molar-refractivity contribution in [2.75, 3.05) is 6.61 Å². The molecule has 0 aliphatic carbocycles. The summed E-state index contributed by atoms with van der Waals surface area (Å²) in [5, 5.41) is 102. The van der Waals surface area contributed by atoms with Crippen LogP contribution in [0.2, 0.25) is 0 Å². The lowest BCUT2D eigenvalue weighted by Gasteiger charge is -2.51. The summed E-state index contributed by atoms with van der Waals surface area (Å²) < 4.78 is 81.8. The van der Waals surface area contributed by atoms with Gasteiger partial charge in [-0.05, 0) is 59.8 Å². The van der Waals surface area contributed by atoms with Crippen molar-refractivity contribution in [3.63, 3.8) is 0 Å². The second-order valence-electron chi connectivity index (χ2n) is 24.6. The van der Waals surface area contributed by atoms with E-state index in [9.17, 15) is 60.3 Å². The highest BCUT2D eigenvalue weighted by Crippen LogP contribution is 2.39. The molecule has 0 aromatic rings. The summed E-state index contributed by atoms with van der Waals surface area (Å²) in [4.78, 5) is 41.3. The summed E-state index contributed by atoms with van der Waals surface area (Å²) in [6, 6.07) is 0. The number of esters is 3. The predicted octanol–water partition coefficient (Wildman–Crippen LogP) is 3.52. The number of rotatable bonds is 23. The molecule has 0 amide bonds. The van der Waals surface area contributed by atoms with Crippen LogP contribution in [-0.2, 0) is 76.0 Å². The van der Waals surface area contributed by atoms with Gasteiger partial charge in [0.15, 0.2) is 49.8 Å². The molecule has 0 aromatic carbocycles. The van der Waals surface area contributed by atoms with E-state index in [-0.39, 0.29) is 18.9 Å². The van der Waals surface area contributed by atoms with E-state index in [0.717, 1.165) is 89.9 Å². The number of aliphatic hydroxyl groups excluding tert-OH is 9. The first-order valence-electron chi connectivity index (χ1n) is 32.3. The molecule has 6 saturated heterocycles. The van der Waals surface area contributed by atoms with Crippen molar-refractivity contribution in [2.45, 2.75) is 356 Å². The van der Waals surface area contributed by atoms with Gasteiger partial charge in [0.25, 0.3) is 0 Å². The summed E-state index contributed by atoms with van der Waals surface area (Å²) >= 11 is 0. The van der Waals surface area contributed by atoms with E-state index in [0.29, 0.717) is 38.5 Å². The van der Waals surface area contributed by atoms with Gasteiger partial charge in [-0.2, -0.15) is 0 Å². The summed E-state index contributed by atoms with van der Waals surface area (Å²) in [6.45, 7) is 12.9. The minimum absolute atomic E-state index is 0.0435. The number of unbranched alkanes of at least 4 members (excludes halogenated alkanes) is 8. The Morgan fingerprint density at radius 3 is 1.73 bits per heavy atom. The summed E-state index contributed by atoms with van der Waals surface area (Å²) in [5.41, 5.74) is 0. The molecular weight excluding hydrogens is 1130 g/mol. The monoisotopic (exact) mass is 1240 g/mol. The van der Waals surface area contributed by atoms with Crippen LogP contribution >= 0.6 is 0 Å². The average molecular weight is 1240 g/mol. The molecule has 500 valence electrons. The van der Waals surface area contributed by atoms with E-state index in [1.807, 2.05) is 6.92 Å². The third-order valence-electron chi connectivity index (χ3n) is 17.7. The molecule has 6 aliphatic heterocycles. The van der Waals surface area contributed by atoms with Crippen molar-refractivity contribution < 1.29 is 122 Å². The van der Waals surface area contributed by atoms with Gasteiger partial charge in [-0.15, -0.1) is 0 Å². The first kappa shape index (κ1) is 72.7. The molecule has 6 fully saturated rings. The molecule has 9 N–H and O–H groups in total. The molecule has 86 heavy (non-hydrogen) atoms. The highest BCUT2D eigenvalue weighted by atomic mass is 16.8. The van der Waals surface area contributed by atoms with Crippen molar-refractivity contribution in [1.82, 2.24) is 0 Å². The van der Waals surface area contributed by atoms with Gasteiger partial charge in [0.05, 0.1) is 43.0 Å². The van der Waals surface area contributed by atoms with Gasteiger partial charge in [0.1, 0.15) is 79.4 Å². The van der Waals surface area contributed by atoms with E-state index in [2.05, 4.69) is 6.92 Å². The lowest BCUT2D eigenvalue weighted by Crippen LogP contribution is -2.68. The lowest BCUT2D eigenvalue weighted by atomic mass is 9.95. The van der Waals surface area contributed by atoms with Gasteiger partial charge in [0, 0.05) is 12.8 Å². The van der Waals surface area contributed by atoms with Crippen LogP contribution in [-0.4, -0.2) is 230 Å². The van der Waals surface area contributed by atoms with Crippen LogP contribution in [0, 0.1) is 5.92 Å². The van der Waals surface area contributed by atoms with E-state index < -0.39 is 184 Å². The molecule has 0 unspecified atom stereocenters. The van der Waals surface area contributed by atoms with E-state index in [1.165, 1.54) is 20.8 Å². The minimum atomic E-state index is -2.02. The fraction of sp³-hybridized carbons (Fsp3) is 0.951. The zero-order valence-corrected chi connectivity index (χ0v) is 51.9. The van der Waals surface area contributed by atoms with Crippen LogP contribution in [0.5, 0.6) is 0 Å². The standard InChI is InChI=1S/C61H106O25/c1-9-12-13-14-15-16-19-22-26-30-40(64)81-55-54(86-58-46(70)43(67)42(66)38(31-62)79-58)51(83-57-47(71)45(69)49(34(6)75-57)82-56(73)32(4)11-3)36(8)77-61(55)84-50-35(7)76-59-48(72)52(50)80-39(63)29-25-23-20-17-18-21-24-28-37(27-10-2)78-60-53(85-59)44(68)41(65)33(5)74-60/h32-38,41-55,57-62,65-72H,9-31H2,1-8H3/t32-,33+,34-,35-,36-,37-,38+,41-,42+,43-,44-,45-,46+,47+,48+,49-,50-,51-,52-,53+,54+,55+,57-,58-,59-,60-,61-/m0/s1. The number of hydrogen-bond donors (Lipinski definition) is 9. The predicted molar refractivity (Wildman–Crippen MR) is 303 cm³/mol. The Balaban J connectivity index is 1.37. The SMILES string of the molecule is CCCCCCCCCCCC(=O)O[C@H]1[C@H](O[C@@H]2[C@H]3OC(=O)CCCCCCCCC[C@H](CCC)O[C@@H]4O[C@H](C)[C@H](O)[C@H](O)[C@H]4O[C@H](O[C@H]2C)[C@@H]3O)O[C@@H](C)[C@H](O[C@@H]2O[C@@H](C)[C@H](OC(=O)[C@@H](C)CC)[C@@H](O)[C@H]2O)[C@H]1O[C@@H]1O[C@H](CO)[C@@H](O)[C@H](O)[C@H]1O. The van der Waals surface area contributed by atoms with E-state index in [1.54, 1.807) is 20.8 Å². The molecule has 27 atom stereocenters. The molecule has 2 bridgehead atoms. The third-order valence-corrected chi connectivity index (χ3v) is 17.7. The van der Waals surface area contributed by atoms with Crippen molar-refractivity contribution in [3.05, 3.63) is 0 Å². The highest BCUT2D eigenvalue weighted by molar-refractivity contribution is 5.72. The molecule has 6 aliphatic rings. The van der Waals surface area contributed by atoms with Gasteiger partial charge in [-0.1, -0.05) is 124 Å². The second-order valence-corrected chi connectivity index (χ2v) is 24.6. The second kappa shape index (κ2) is 36.0. The first-order chi connectivity index (χ1) is 41.1. The number of aliphatic hydroxyl groups is 9. The summed E-state index contributed by atoms with van der Waals surface area (Å²) in [7, 11) is 0. The van der Waals surface area contributed by atoms with Crippen molar-refractivity contribution in [1.29, 1.82) is 0 Å². The smallest absolute Gasteiger partial charge is 0.309 e. The fourth-order valence-corrected chi connectivity index (χ4v) is 12.0. The van der Waals surface area contributed by atoms with Crippen LogP contribution in [0.3, 0.4) is 0 Å². The third kappa shape index (κ3) is 19.8. The molecular formula is C61H106O25. The van der Waals surface area contributed by atoms with E-state index in [4.69, 9.17) is 61.6 Å². The van der Waals surface area contributed by atoms with Crippen LogP contribution in [0.4, 0.5) is 0 Å². The van der Waals surface area contributed by atoms with Gasteiger partial charge in [-0.25, -0.2) is 0 Å². The number of ether oxygens (including phenoxy) is 13. The average Bonchev–Trinajstić information content (AvgIpc) is 1.04. The van der Waals surface area contributed by atoms with Crippen LogP contribution in [0.15, 0.2) is 0 Å². The van der Waals surface area contributed by atoms with Gasteiger partial charge in [-0.3, -0.25) is 14.4 Å². The van der Waals surface area contributed by atoms with Crippen LogP contribution < -0.4 is 0 Å². The molecule has 25 nitrogen and oxygen atoms in total. The Labute approximate surface area is 507 Å². The summed E-state index contributed by atoms with van der Waals surface area (Å²) in [6.07, 6.45) is -23.2. The van der Waals surface area contributed by atoms with Crippen LogP contribution in [0.25, 0.3) is 0 Å². The minimum Gasteiger partial charge on any atom is -0.457 e. The molecule has 0 aromatic heterocycles. The lowest BCUT2D eigenvalue weighted by molar-refractivity contribution is -0.400. The Morgan fingerprint density at radius 2 is 1.07 bits per heavy atom. The van der Waals surface area contributed by atoms with Crippen molar-refractivity contribution >= 4 is 17.9 Å². The largest absolute Gasteiger partial charge is 0.457 e. The molecule has 0 spiro atoms. The zero-order chi connectivity index (χ0) is 62.8. The Morgan fingerprint density at radius 1 is 0.500 bits per heavy atom. The maximum atomic E-state index is 14.3. The number of fused-ring (bicyclic) bond motifs is 3. The molecule has 6 rings (SSSR count). The fourth-order valence-electron chi connectivity index (χ4n) is 12.0. The van der Waals surface area contributed by atoms with E-state index >= 15 is 0 Å². The van der Waals surface area contributed by atoms with Gasteiger partial charge >= 0.3 is 17.9 Å². The van der Waals surface area contributed by atoms with Crippen molar-refractivity contribution in [2.24, 2.45) is 5.92 Å². The maximum absolute atomic E-state index is 14.3. The quantitative estimate of drug-likeness (QED) is 0.0401.